The van der Waals surface area contributed by atoms with Crippen LogP contribution in [-0.4, -0.2) is 32.8 Å². The summed E-state index contributed by atoms with van der Waals surface area (Å²) in [4.78, 5) is 11.8. The van der Waals surface area contributed by atoms with Crippen molar-refractivity contribution in [3.63, 3.8) is 0 Å². The predicted molar refractivity (Wildman–Crippen MR) is 102 cm³/mol. The van der Waals surface area contributed by atoms with Crippen molar-refractivity contribution in [3.8, 4) is 0 Å². The molecule has 1 fully saturated rings. The van der Waals surface area contributed by atoms with Crippen molar-refractivity contribution in [2.24, 2.45) is 13.0 Å². The molecule has 0 atom stereocenters. The maximum Gasteiger partial charge on any atom is 0.229 e. The highest BCUT2D eigenvalue weighted by molar-refractivity contribution is 6.30. The Morgan fingerprint density at radius 3 is 2.56 bits per heavy atom. The minimum atomic E-state index is 0.711. The van der Waals surface area contributed by atoms with Gasteiger partial charge in [-0.05, 0) is 43.0 Å². The summed E-state index contributed by atoms with van der Waals surface area (Å²) in [5.74, 6) is 2.30. The summed E-state index contributed by atoms with van der Waals surface area (Å²) in [7, 11) is 1.91. The topological polar surface area (TPSA) is 58.9 Å². The Balaban J connectivity index is 1.72. The van der Waals surface area contributed by atoms with E-state index in [0.29, 0.717) is 5.02 Å². The van der Waals surface area contributed by atoms with Gasteiger partial charge in [-0.25, -0.2) is 0 Å². The van der Waals surface area contributed by atoms with Crippen molar-refractivity contribution >= 4 is 40.1 Å². The lowest BCUT2D eigenvalue weighted by molar-refractivity contribution is 0.434. The maximum atomic E-state index is 5.98. The summed E-state index contributed by atoms with van der Waals surface area (Å²) in [5, 5.41) is 9.35. The van der Waals surface area contributed by atoms with Crippen molar-refractivity contribution < 1.29 is 0 Å². The molecule has 7 heteroatoms. The van der Waals surface area contributed by atoms with Crippen LogP contribution < -0.4 is 10.2 Å². The summed E-state index contributed by atoms with van der Waals surface area (Å²) < 4.78 is 1.79. The number of hydrogen-bond acceptors (Lipinski definition) is 5. The lowest BCUT2D eigenvalue weighted by Crippen LogP contribution is -2.34. The van der Waals surface area contributed by atoms with E-state index in [9.17, 15) is 0 Å². The van der Waals surface area contributed by atoms with Crippen LogP contribution in [-0.2, 0) is 7.05 Å². The minimum absolute atomic E-state index is 0.711. The van der Waals surface area contributed by atoms with Crippen molar-refractivity contribution in [1.29, 1.82) is 0 Å². The number of nitrogens with zero attached hydrogens (tertiary/aromatic N) is 5. The summed E-state index contributed by atoms with van der Waals surface area (Å²) in [6.07, 6.45) is 4.15. The van der Waals surface area contributed by atoms with Gasteiger partial charge in [0.1, 0.15) is 5.82 Å². The summed E-state index contributed by atoms with van der Waals surface area (Å²) in [5.41, 5.74) is 1.77. The van der Waals surface area contributed by atoms with Crippen LogP contribution >= 0.6 is 11.6 Å². The Hall–Kier alpha value is -2.34. The van der Waals surface area contributed by atoms with E-state index in [1.807, 2.05) is 31.3 Å². The van der Waals surface area contributed by atoms with E-state index in [1.165, 1.54) is 12.8 Å². The fourth-order valence-corrected chi connectivity index (χ4v) is 3.25. The first-order valence-electron chi connectivity index (χ1n) is 8.57. The fraction of sp³-hybridized carbons (Fsp3) is 0.389. The third kappa shape index (κ3) is 3.26. The number of rotatable bonds is 3. The van der Waals surface area contributed by atoms with Crippen molar-refractivity contribution in [2.75, 3.05) is 23.3 Å². The molecule has 0 saturated carbocycles. The monoisotopic (exact) mass is 356 g/mol. The normalized spacial score (nSPS) is 15.7. The van der Waals surface area contributed by atoms with Gasteiger partial charge in [0, 0.05) is 30.8 Å². The average Bonchev–Trinajstić information content (AvgIpc) is 2.99. The van der Waals surface area contributed by atoms with E-state index in [-0.39, 0.29) is 0 Å². The molecule has 3 aromatic rings. The first-order chi connectivity index (χ1) is 12.1. The van der Waals surface area contributed by atoms with Gasteiger partial charge in [-0.3, -0.25) is 4.68 Å². The Morgan fingerprint density at radius 1 is 1.12 bits per heavy atom. The Morgan fingerprint density at radius 2 is 1.84 bits per heavy atom. The van der Waals surface area contributed by atoms with Gasteiger partial charge >= 0.3 is 0 Å². The highest BCUT2D eigenvalue weighted by Gasteiger charge is 2.20. The van der Waals surface area contributed by atoms with Crippen LogP contribution in [0.3, 0.4) is 0 Å². The second-order valence-electron chi connectivity index (χ2n) is 6.68. The number of aromatic nitrogens is 4. The van der Waals surface area contributed by atoms with Crippen LogP contribution in [0.4, 0.5) is 17.5 Å². The highest BCUT2D eigenvalue weighted by Crippen LogP contribution is 2.28. The van der Waals surface area contributed by atoms with Gasteiger partial charge in [0.05, 0.1) is 11.6 Å². The van der Waals surface area contributed by atoms with Crippen molar-refractivity contribution in [2.45, 2.75) is 19.8 Å². The van der Waals surface area contributed by atoms with E-state index >= 15 is 0 Å². The lowest BCUT2D eigenvalue weighted by atomic mass is 10.00. The largest absolute Gasteiger partial charge is 0.341 e. The first kappa shape index (κ1) is 16.1. The molecular formula is C18H21ClN6. The summed E-state index contributed by atoms with van der Waals surface area (Å²) >= 11 is 5.98. The number of hydrogen-bond donors (Lipinski definition) is 1. The van der Waals surface area contributed by atoms with Gasteiger partial charge in [-0.15, -0.1) is 0 Å². The quantitative estimate of drug-likeness (QED) is 0.768. The second kappa shape index (κ2) is 6.52. The molecule has 0 amide bonds. The van der Waals surface area contributed by atoms with Crippen LogP contribution in [0.15, 0.2) is 30.5 Å². The first-order valence-corrected chi connectivity index (χ1v) is 8.95. The summed E-state index contributed by atoms with van der Waals surface area (Å²) in [6, 6.07) is 7.60. The highest BCUT2D eigenvalue weighted by atomic mass is 35.5. The molecule has 0 radical (unpaired) electrons. The molecule has 4 rings (SSSR count). The van der Waals surface area contributed by atoms with Gasteiger partial charge < -0.3 is 10.2 Å². The van der Waals surface area contributed by atoms with Crippen LogP contribution in [0.5, 0.6) is 0 Å². The van der Waals surface area contributed by atoms with Gasteiger partial charge in [0.2, 0.25) is 5.95 Å². The molecule has 1 aromatic carbocycles. The zero-order valence-electron chi connectivity index (χ0n) is 14.4. The van der Waals surface area contributed by atoms with Crippen LogP contribution in [0.25, 0.3) is 11.0 Å². The molecule has 2 aromatic heterocycles. The molecular weight excluding hydrogens is 336 g/mol. The SMILES string of the molecule is CC1CCN(c2nc(Nc3ccc(Cl)cc3)c3cnn(C)c3n2)CC1. The van der Waals surface area contributed by atoms with Crippen LogP contribution in [0.2, 0.25) is 5.02 Å². The molecule has 130 valence electrons. The number of aryl methyl sites for hydroxylation is 1. The smallest absolute Gasteiger partial charge is 0.229 e. The molecule has 0 spiro atoms. The molecule has 3 heterocycles. The third-order valence-electron chi connectivity index (χ3n) is 4.75. The van der Waals surface area contributed by atoms with Crippen molar-refractivity contribution in [3.05, 3.63) is 35.5 Å². The van der Waals surface area contributed by atoms with Gasteiger partial charge in [0.25, 0.3) is 0 Å². The van der Waals surface area contributed by atoms with E-state index in [1.54, 1.807) is 10.9 Å². The number of benzene rings is 1. The molecule has 0 unspecified atom stereocenters. The number of anilines is 3. The van der Waals surface area contributed by atoms with Crippen molar-refractivity contribution in [1.82, 2.24) is 19.7 Å². The maximum absolute atomic E-state index is 5.98. The van der Waals surface area contributed by atoms with E-state index < -0.39 is 0 Å². The van der Waals surface area contributed by atoms with Gasteiger partial charge in [-0.2, -0.15) is 15.1 Å². The zero-order chi connectivity index (χ0) is 17.4. The number of halogens is 1. The number of piperidine rings is 1. The molecule has 6 nitrogen and oxygen atoms in total. The Bertz CT molecular complexity index is 880. The molecule has 25 heavy (non-hydrogen) atoms. The number of fused-ring (bicyclic) bond motifs is 1. The zero-order valence-corrected chi connectivity index (χ0v) is 15.2. The molecule has 1 N–H and O–H groups in total. The third-order valence-corrected chi connectivity index (χ3v) is 5.01. The average molecular weight is 357 g/mol. The minimum Gasteiger partial charge on any atom is -0.341 e. The Kier molecular flexibility index (Phi) is 4.21. The predicted octanol–water partition coefficient (Wildman–Crippen LogP) is 4.00. The van der Waals surface area contributed by atoms with E-state index in [2.05, 4.69) is 22.2 Å². The van der Waals surface area contributed by atoms with Crippen LogP contribution in [0, 0.1) is 5.92 Å². The molecule has 1 saturated heterocycles. The Labute approximate surface area is 151 Å². The molecule has 0 bridgehead atoms. The molecule has 1 aliphatic rings. The molecule has 1 aliphatic heterocycles. The van der Waals surface area contributed by atoms with E-state index in [0.717, 1.165) is 47.5 Å². The fourth-order valence-electron chi connectivity index (χ4n) is 3.13. The van der Waals surface area contributed by atoms with E-state index in [4.69, 9.17) is 21.6 Å². The van der Waals surface area contributed by atoms with Gasteiger partial charge in [-0.1, -0.05) is 18.5 Å². The second-order valence-corrected chi connectivity index (χ2v) is 7.12. The lowest BCUT2D eigenvalue weighted by Gasteiger charge is -2.30. The van der Waals surface area contributed by atoms with Gasteiger partial charge in [0.15, 0.2) is 5.65 Å². The molecule has 0 aliphatic carbocycles. The number of nitrogens with one attached hydrogen (secondary N) is 1. The summed E-state index contributed by atoms with van der Waals surface area (Å²) in [6.45, 7) is 4.28. The van der Waals surface area contributed by atoms with Crippen LogP contribution in [0.1, 0.15) is 19.8 Å². The standard InChI is InChI=1S/C18H21ClN6/c1-12-7-9-25(10-8-12)18-22-16(15-11-20-24(2)17(15)23-18)21-14-5-3-13(19)4-6-14/h3-6,11-12H,7-10H2,1-2H3,(H,21,22,23).